The van der Waals surface area contributed by atoms with Gasteiger partial charge >= 0.3 is 0 Å². The molecule has 3 aromatic rings. The Morgan fingerprint density at radius 2 is 2.07 bits per heavy atom. The summed E-state index contributed by atoms with van der Waals surface area (Å²) < 4.78 is 10.5. The highest BCUT2D eigenvalue weighted by Gasteiger charge is 2.23. The van der Waals surface area contributed by atoms with E-state index in [1.165, 1.54) is 4.90 Å². The van der Waals surface area contributed by atoms with Crippen LogP contribution in [0, 0.1) is 0 Å². The van der Waals surface area contributed by atoms with Crippen molar-refractivity contribution >= 4 is 17.5 Å². The number of carbonyl (C=O) groups excluding carboxylic acids is 2. The van der Waals surface area contributed by atoms with Crippen LogP contribution in [-0.2, 0) is 11.3 Å². The number of benzene rings is 2. The van der Waals surface area contributed by atoms with E-state index in [0.717, 1.165) is 17.7 Å². The molecular weight excluding hydrogens is 384 g/mol. The molecule has 1 saturated heterocycles. The number of anilines is 1. The molecule has 2 aromatic carbocycles. The Morgan fingerprint density at radius 1 is 1.23 bits per heavy atom. The maximum atomic E-state index is 12.9. The van der Waals surface area contributed by atoms with E-state index in [1.54, 1.807) is 37.3 Å². The van der Waals surface area contributed by atoms with Crippen LogP contribution in [0.4, 0.5) is 5.69 Å². The van der Waals surface area contributed by atoms with Gasteiger partial charge in [-0.15, -0.1) is 0 Å². The third-order valence-electron chi connectivity index (χ3n) is 4.99. The summed E-state index contributed by atoms with van der Waals surface area (Å²) in [4.78, 5) is 32.5. The molecule has 1 aliphatic rings. The molecule has 2 amide bonds. The van der Waals surface area contributed by atoms with E-state index in [1.807, 2.05) is 30.3 Å². The van der Waals surface area contributed by atoms with E-state index >= 15 is 0 Å². The van der Waals surface area contributed by atoms with Gasteiger partial charge in [0.2, 0.25) is 17.6 Å². The van der Waals surface area contributed by atoms with E-state index in [2.05, 4.69) is 10.1 Å². The van der Waals surface area contributed by atoms with Crippen LogP contribution in [0.15, 0.2) is 53.1 Å². The molecule has 4 rings (SSSR count). The highest BCUT2D eigenvalue weighted by Crippen LogP contribution is 2.24. The molecule has 8 heteroatoms. The average Bonchev–Trinajstić information content (AvgIpc) is 3.42. The molecular formula is C22H22N4O4. The van der Waals surface area contributed by atoms with Gasteiger partial charge in [0.1, 0.15) is 5.75 Å². The summed E-state index contributed by atoms with van der Waals surface area (Å²) >= 11 is 0. The Balaban J connectivity index is 1.46. The predicted molar refractivity (Wildman–Crippen MR) is 110 cm³/mol. The Labute approximate surface area is 174 Å². The van der Waals surface area contributed by atoms with Crippen molar-refractivity contribution in [2.75, 3.05) is 25.6 Å². The lowest BCUT2D eigenvalue weighted by Gasteiger charge is -2.18. The second-order valence-electron chi connectivity index (χ2n) is 7.10. The van der Waals surface area contributed by atoms with Gasteiger partial charge in [0.05, 0.1) is 13.7 Å². The standard InChI is InChI=1S/C22H22N4O4/c1-25(14-19-23-21(24-30-19)15-6-4-9-18(13-15)29-2)22(28)16-7-3-8-17(12-16)26-11-5-10-20(26)27/h3-4,6-9,12-13H,5,10-11,14H2,1-2H3. The summed E-state index contributed by atoms with van der Waals surface area (Å²) in [7, 11) is 3.27. The van der Waals surface area contributed by atoms with Crippen molar-refractivity contribution in [3.05, 3.63) is 60.0 Å². The smallest absolute Gasteiger partial charge is 0.254 e. The fourth-order valence-corrected chi connectivity index (χ4v) is 3.42. The summed E-state index contributed by atoms with van der Waals surface area (Å²) in [6, 6.07) is 14.5. The van der Waals surface area contributed by atoms with E-state index in [-0.39, 0.29) is 18.4 Å². The van der Waals surface area contributed by atoms with Crippen molar-refractivity contribution in [1.29, 1.82) is 0 Å². The Bertz CT molecular complexity index is 1080. The van der Waals surface area contributed by atoms with Crippen molar-refractivity contribution in [2.45, 2.75) is 19.4 Å². The van der Waals surface area contributed by atoms with Crippen molar-refractivity contribution < 1.29 is 18.8 Å². The number of nitrogens with zero attached hydrogens (tertiary/aromatic N) is 4. The van der Waals surface area contributed by atoms with Gasteiger partial charge in [-0.25, -0.2) is 0 Å². The van der Waals surface area contributed by atoms with E-state index in [4.69, 9.17) is 9.26 Å². The van der Waals surface area contributed by atoms with Gasteiger partial charge in [-0.2, -0.15) is 4.98 Å². The van der Waals surface area contributed by atoms with Gasteiger partial charge in [-0.05, 0) is 36.8 Å². The summed E-state index contributed by atoms with van der Waals surface area (Å²) in [6.45, 7) is 0.851. The zero-order valence-electron chi connectivity index (χ0n) is 16.9. The maximum absolute atomic E-state index is 12.9. The normalized spacial score (nSPS) is 13.5. The number of ether oxygens (including phenoxy) is 1. The van der Waals surface area contributed by atoms with Crippen molar-refractivity contribution in [1.82, 2.24) is 15.0 Å². The van der Waals surface area contributed by atoms with Crippen LogP contribution >= 0.6 is 0 Å². The largest absolute Gasteiger partial charge is 0.497 e. The van der Waals surface area contributed by atoms with Crippen molar-refractivity contribution in [3.8, 4) is 17.1 Å². The lowest BCUT2D eigenvalue weighted by atomic mass is 10.1. The minimum Gasteiger partial charge on any atom is -0.497 e. The van der Waals surface area contributed by atoms with Gasteiger partial charge in [-0.1, -0.05) is 23.4 Å². The number of rotatable bonds is 6. The quantitative estimate of drug-likeness (QED) is 0.625. The molecule has 1 aliphatic heterocycles. The molecule has 0 atom stereocenters. The number of aromatic nitrogens is 2. The fourth-order valence-electron chi connectivity index (χ4n) is 3.42. The second kappa shape index (κ2) is 8.36. The number of hydrogen-bond donors (Lipinski definition) is 0. The average molecular weight is 406 g/mol. The first-order chi connectivity index (χ1) is 14.5. The van der Waals surface area contributed by atoms with Gasteiger partial charge in [-0.3, -0.25) is 9.59 Å². The zero-order chi connectivity index (χ0) is 21.1. The van der Waals surface area contributed by atoms with Crippen molar-refractivity contribution in [3.63, 3.8) is 0 Å². The van der Waals surface area contributed by atoms with E-state index < -0.39 is 0 Å². The Hall–Kier alpha value is -3.68. The molecule has 8 nitrogen and oxygen atoms in total. The SMILES string of the molecule is COc1cccc(-c2noc(CN(C)C(=O)c3cccc(N4CCCC4=O)c3)n2)c1. The van der Waals surface area contributed by atoms with Crippen LogP contribution in [0.1, 0.15) is 29.1 Å². The zero-order valence-corrected chi connectivity index (χ0v) is 16.9. The third-order valence-corrected chi connectivity index (χ3v) is 4.99. The molecule has 30 heavy (non-hydrogen) atoms. The van der Waals surface area contributed by atoms with Crippen LogP contribution in [0.2, 0.25) is 0 Å². The van der Waals surface area contributed by atoms with Gasteiger partial charge in [0.25, 0.3) is 5.91 Å². The number of methoxy groups -OCH3 is 1. The molecule has 0 unspecified atom stereocenters. The van der Waals surface area contributed by atoms with E-state index in [0.29, 0.717) is 36.0 Å². The lowest BCUT2D eigenvalue weighted by Crippen LogP contribution is -2.27. The van der Waals surface area contributed by atoms with Gasteiger partial charge in [0, 0.05) is 36.8 Å². The van der Waals surface area contributed by atoms with Crippen LogP contribution < -0.4 is 9.64 Å². The highest BCUT2D eigenvalue weighted by atomic mass is 16.5. The topological polar surface area (TPSA) is 88.8 Å². The fraction of sp³-hybridized carbons (Fsp3) is 0.273. The Morgan fingerprint density at radius 3 is 2.83 bits per heavy atom. The highest BCUT2D eigenvalue weighted by molar-refractivity contribution is 5.98. The first-order valence-electron chi connectivity index (χ1n) is 9.68. The van der Waals surface area contributed by atoms with Crippen LogP contribution in [0.3, 0.4) is 0 Å². The predicted octanol–water partition coefficient (Wildman–Crippen LogP) is 3.14. The van der Waals surface area contributed by atoms with Crippen molar-refractivity contribution in [2.24, 2.45) is 0 Å². The molecule has 154 valence electrons. The minimum atomic E-state index is -0.190. The molecule has 1 aromatic heterocycles. The molecule has 0 saturated carbocycles. The molecule has 0 spiro atoms. The molecule has 0 radical (unpaired) electrons. The molecule has 1 fully saturated rings. The summed E-state index contributed by atoms with van der Waals surface area (Å²) in [5.74, 6) is 1.35. The van der Waals surface area contributed by atoms with Crippen LogP contribution in [0.5, 0.6) is 5.75 Å². The maximum Gasteiger partial charge on any atom is 0.254 e. The second-order valence-corrected chi connectivity index (χ2v) is 7.10. The van der Waals surface area contributed by atoms with Gasteiger partial charge in [0.15, 0.2) is 0 Å². The first kappa shape index (κ1) is 19.6. The number of carbonyl (C=O) groups is 2. The monoisotopic (exact) mass is 406 g/mol. The van der Waals surface area contributed by atoms with Crippen LogP contribution in [-0.4, -0.2) is 47.6 Å². The molecule has 2 heterocycles. The third kappa shape index (κ3) is 4.03. The van der Waals surface area contributed by atoms with Crippen LogP contribution in [0.25, 0.3) is 11.4 Å². The summed E-state index contributed by atoms with van der Waals surface area (Å²) in [5, 5.41) is 4.00. The van der Waals surface area contributed by atoms with Gasteiger partial charge < -0.3 is 19.1 Å². The summed E-state index contributed by atoms with van der Waals surface area (Å²) in [6.07, 6.45) is 1.38. The molecule has 0 aliphatic carbocycles. The first-order valence-corrected chi connectivity index (χ1v) is 9.68. The minimum absolute atomic E-state index is 0.0869. The Kier molecular flexibility index (Phi) is 5.47. The van der Waals surface area contributed by atoms with E-state index in [9.17, 15) is 9.59 Å². The number of hydrogen-bond acceptors (Lipinski definition) is 6. The number of amides is 2. The molecule has 0 N–H and O–H groups in total. The summed E-state index contributed by atoms with van der Waals surface area (Å²) in [5.41, 5.74) is 2.01. The molecule has 0 bridgehead atoms. The lowest BCUT2D eigenvalue weighted by molar-refractivity contribution is -0.117.